The van der Waals surface area contributed by atoms with Crippen LogP contribution in [0.2, 0.25) is 0 Å². The molecule has 28 heavy (non-hydrogen) atoms. The Bertz CT molecular complexity index is 376. The molecule has 0 fully saturated rings. The summed E-state index contributed by atoms with van der Waals surface area (Å²) in [6.45, 7) is 9.22. The minimum absolute atomic E-state index is 0.116. The monoisotopic (exact) mass is 436 g/mol. The summed E-state index contributed by atoms with van der Waals surface area (Å²) >= 11 is 8.06. The zero-order chi connectivity index (χ0) is 21.8. The van der Waals surface area contributed by atoms with Gasteiger partial charge in [0.05, 0.1) is 18.9 Å². The van der Waals surface area contributed by atoms with Gasteiger partial charge in [-0.2, -0.15) is 25.3 Å². The Balaban J connectivity index is 0. The Morgan fingerprint density at radius 1 is 0.929 bits per heavy atom. The Morgan fingerprint density at radius 2 is 1.46 bits per heavy atom. The highest BCUT2D eigenvalue weighted by Gasteiger charge is 2.19. The Kier molecular flexibility index (Phi) is 22.8. The molecule has 0 aromatic heterocycles. The van der Waals surface area contributed by atoms with Gasteiger partial charge < -0.3 is 9.84 Å². The van der Waals surface area contributed by atoms with Crippen LogP contribution in [0, 0.1) is 17.8 Å². The normalized spacial score (nSPS) is 13.8. The van der Waals surface area contributed by atoms with Crippen molar-refractivity contribution in [1.82, 2.24) is 0 Å². The van der Waals surface area contributed by atoms with E-state index in [1.54, 1.807) is 0 Å². The van der Waals surface area contributed by atoms with Crippen molar-refractivity contribution < 1.29 is 19.4 Å². The average molecular weight is 437 g/mol. The van der Waals surface area contributed by atoms with Crippen molar-refractivity contribution in [3.8, 4) is 0 Å². The first-order chi connectivity index (χ1) is 13.4. The fraction of sp³-hybridized carbons (Fsp3) is 0.909. The number of carbonyl (C=O) groups excluding carboxylic acids is 1. The molecule has 6 heteroatoms. The maximum atomic E-state index is 11.1. The summed E-state index contributed by atoms with van der Waals surface area (Å²) in [6, 6.07) is 0. The lowest BCUT2D eigenvalue weighted by Gasteiger charge is -2.18. The molecule has 4 nitrogen and oxygen atoms in total. The standard InChI is InChI=1S/2C11H22O2S/c1-3-5-6-9(4-2)7-10(8-14)11(12)13;1-3-5-6-10(4-2)9-13-11(12)7-8-14/h9-10,14H,3-8H2,1-2H3,(H,12,13);10,14H,3-9H2,1-2H3. The van der Waals surface area contributed by atoms with Crippen molar-refractivity contribution in [2.75, 3.05) is 18.1 Å². The Morgan fingerprint density at radius 3 is 1.86 bits per heavy atom. The lowest BCUT2D eigenvalue weighted by atomic mass is 9.89. The highest BCUT2D eigenvalue weighted by molar-refractivity contribution is 7.80. The van der Waals surface area contributed by atoms with E-state index in [9.17, 15) is 9.59 Å². The van der Waals surface area contributed by atoms with Gasteiger partial charge in [0.2, 0.25) is 0 Å². The zero-order valence-corrected chi connectivity index (χ0v) is 20.3. The molecule has 0 saturated heterocycles. The molecule has 0 aliphatic carbocycles. The summed E-state index contributed by atoms with van der Waals surface area (Å²) in [4.78, 5) is 21.9. The van der Waals surface area contributed by atoms with Gasteiger partial charge >= 0.3 is 11.9 Å². The Hall–Kier alpha value is -0.360. The molecule has 0 radical (unpaired) electrons. The van der Waals surface area contributed by atoms with E-state index in [4.69, 9.17) is 9.84 Å². The minimum Gasteiger partial charge on any atom is -0.481 e. The number of thiol groups is 2. The molecule has 0 amide bonds. The third-order valence-corrected chi connectivity index (χ3v) is 5.73. The van der Waals surface area contributed by atoms with Gasteiger partial charge in [-0.1, -0.05) is 72.6 Å². The van der Waals surface area contributed by atoms with Crippen LogP contribution in [-0.4, -0.2) is 35.2 Å². The number of ether oxygens (including phenoxy) is 1. The summed E-state index contributed by atoms with van der Waals surface area (Å²) in [6.07, 6.45) is 10.5. The molecule has 0 aliphatic rings. The number of rotatable bonds is 16. The molecule has 3 unspecified atom stereocenters. The van der Waals surface area contributed by atoms with E-state index in [1.807, 2.05) is 0 Å². The number of carboxylic acid groups (broad SMARTS) is 1. The van der Waals surface area contributed by atoms with Crippen molar-refractivity contribution in [2.45, 2.75) is 91.9 Å². The number of hydrogen-bond donors (Lipinski definition) is 3. The zero-order valence-electron chi connectivity index (χ0n) is 18.5. The molecule has 1 N–H and O–H groups in total. The number of carbonyl (C=O) groups is 2. The van der Waals surface area contributed by atoms with E-state index in [0.29, 0.717) is 36.4 Å². The summed E-state index contributed by atoms with van der Waals surface area (Å²) in [5.74, 6) is 1.05. The molecule has 168 valence electrons. The van der Waals surface area contributed by atoms with Gasteiger partial charge in [-0.05, 0) is 24.7 Å². The third-order valence-electron chi connectivity index (χ3n) is 5.07. The first-order valence-electron chi connectivity index (χ1n) is 11.0. The first-order valence-corrected chi connectivity index (χ1v) is 12.3. The number of hydrogen-bond acceptors (Lipinski definition) is 5. The van der Waals surface area contributed by atoms with Crippen molar-refractivity contribution in [2.24, 2.45) is 17.8 Å². The van der Waals surface area contributed by atoms with Crippen LogP contribution < -0.4 is 0 Å². The molecular weight excluding hydrogens is 392 g/mol. The summed E-state index contributed by atoms with van der Waals surface area (Å²) in [5, 5.41) is 8.89. The largest absolute Gasteiger partial charge is 0.481 e. The van der Waals surface area contributed by atoms with Crippen molar-refractivity contribution >= 4 is 37.2 Å². The van der Waals surface area contributed by atoms with Crippen LogP contribution in [0.15, 0.2) is 0 Å². The topological polar surface area (TPSA) is 63.6 Å². The van der Waals surface area contributed by atoms with Gasteiger partial charge in [0, 0.05) is 11.5 Å². The van der Waals surface area contributed by atoms with E-state index in [0.717, 1.165) is 25.7 Å². The van der Waals surface area contributed by atoms with Gasteiger partial charge in [0.1, 0.15) is 0 Å². The van der Waals surface area contributed by atoms with Crippen LogP contribution in [0.1, 0.15) is 91.9 Å². The maximum Gasteiger partial charge on any atom is 0.307 e. The quantitative estimate of drug-likeness (QED) is 0.196. The van der Waals surface area contributed by atoms with E-state index in [-0.39, 0.29) is 11.9 Å². The molecule has 0 aliphatic heterocycles. The van der Waals surface area contributed by atoms with Crippen molar-refractivity contribution in [3.63, 3.8) is 0 Å². The van der Waals surface area contributed by atoms with E-state index in [2.05, 4.69) is 53.0 Å². The van der Waals surface area contributed by atoms with E-state index < -0.39 is 5.97 Å². The highest BCUT2D eigenvalue weighted by Crippen LogP contribution is 2.22. The molecule has 0 bridgehead atoms. The lowest BCUT2D eigenvalue weighted by molar-refractivity contribution is -0.144. The molecule has 0 aromatic rings. The molecule has 0 aromatic carbocycles. The third kappa shape index (κ3) is 17.7. The van der Waals surface area contributed by atoms with Crippen molar-refractivity contribution in [3.05, 3.63) is 0 Å². The van der Waals surface area contributed by atoms with E-state index >= 15 is 0 Å². The molecule has 0 rings (SSSR count). The van der Waals surface area contributed by atoms with Gasteiger partial charge in [-0.15, -0.1) is 0 Å². The molecular formula is C22H44O4S2. The SMILES string of the molecule is CCCCC(CC)CC(CS)C(=O)O.CCCCC(CC)COC(=O)CCS. The number of aliphatic carboxylic acids is 1. The van der Waals surface area contributed by atoms with Gasteiger partial charge in [0.15, 0.2) is 0 Å². The second-order valence-corrected chi connectivity index (χ2v) is 8.26. The molecule has 0 spiro atoms. The van der Waals surface area contributed by atoms with Gasteiger partial charge in [-0.3, -0.25) is 9.59 Å². The number of unbranched alkanes of at least 4 members (excludes halogenated alkanes) is 2. The minimum atomic E-state index is -0.699. The molecule has 3 atom stereocenters. The summed E-state index contributed by atoms with van der Waals surface area (Å²) in [7, 11) is 0. The van der Waals surface area contributed by atoms with Crippen LogP contribution in [0.5, 0.6) is 0 Å². The predicted molar refractivity (Wildman–Crippen MR) is 126 cm³/mol. The van der Waals surface area contributed by atoms with Crippen LogP contribution in [0.3, 0.4) is 0 Å². The van der Waals surface area contributed by atoms with Gasteiger partial charge in [-0.25, -0.2) is 0 Å². The van der Waals surface area contributed by atoms with Gasteiger partial charge in [0.25, 0.3) is 0 Å². The van der Waals surface area contributed by atoms with Crippen LogP contribution >= 0.6 is 25.3 Å². The number of carboxylic acids is 1. The fourth-order valence-electron chi connectivity index (χ4n) is 2.91. The highest BCUT2D eigenvalue weighted by atomic mass is 32.1. The smallest absolute Gasteiger partial charge is 0.307 e. The fourth-order valence-corrected chi connectivity index (χ4v) is 3.40. The summed E-state index contributed by atoms with van der Waals surface area (Å²) < 4.78 is 5.14. The lowest BCUT2D eigenvalue weighted by Crippen LogP contribution is -2.19. The van der Waals surface area contributed by atoms with Crippen LogP contribution in [0.25, 0.3) is 0 Å². The van der Waals surface area contributed by atoms with E-state index in [1.165, 1.54) is 32.1 Å². The molecule has 0 saturated carbocycles. The Labute approximate surface area is 184 Å². The van der Waals surface area contributed by atoms with Crippen molar-refractivity contribution in [1.29, 1.82) is 0 Å². The second kappa shape index (κ2) is 21.4. The second-order valence-electron chi connectivity index (χ2n) is 7.44. The average Bonchev–Trinajstić information content (AvgIpc) is 2.69. The predicted octanol–water partition coefficient (Wildman–Crippen LogP) is 6.29. The molecule has 0 heterocycles. The van der Waals surface area contributed by atoms with Crippen LogP contribution in [-0.2, 0) is 14.3 Å². The number of esters is 1. The summed E-state index contributed by atoms with van der Waals surface area (Å²) in [5.41, 5.74) is 0. The maximum absolute atomic E-state index is 11.1. The van der Waals surface area contributed by atoms with Crippen LogP contribution in [0.4, 0.5) is 0 Å². The first kappa shape index (κ1) is 29.8.